The minimum absolute atomic E-state index is 0.0946. The Labute approximate surface area is 178 Å². The van der Waals surface area contributed by atoms with Crippen molar-refractivity contribution in [2.45, 2.75) is 98.7 Å². The molecule has 30 heavy (non-hydrogen) atoms. The van der Waals surface area contributed by atoms with Crippen LogP contribution in [0.15, 0.2) is 0 Å². The number of epoxide rings is 1. The second kappa shape index (κ2) is 5.02. The molecule has 1 saturated carbocycles. The van der Waals surface area contributed by atoms with Gasteiger partial charge in [-0.05, 0) is 27.7 Å². The average Bonchev–Trinajstić information content (AvgIpc) is 3.14. The maximum atomic E-state index is 13.2. The number of hydrogen-bond donors (Lipinski definition) is 1. The van der Waals surface area contributed by atoms with E-state index in [9.17, 15) is 4.79 Å². The van der Waals surface area contributed by atoms with Crippen molar-refractivity contribution in [2.24, 2.45) is 11.8 Å². The lowest BCUT2D eigenvalue weighted by Gasteiger charge is -2.56. The SMILES string of the molecule is CO[C@@]12OC(C)(C)O[C@@H]1[C@H]1[C@@H](NC(=O)[C@@H]3C[C@]4(Cl)O[C@]13[C@H]1O[C@H]14)[C@@H]1OC(C)(C)O[C@@H]12. The van der Waals surface area contributed by atoms with E-state index in [1.165, 1.54) is 0 Å². The van der Waals surface area contributed by atoms with Gasteiger partial charge in [0.05, 0.1) is 12.0 Å². The van der Waals surface area contributed by atoms with E-state index in [1.54, 1.807) is 7.11 Å². The van der Waals surface area contributed by atoms with Gasteiger partial charge in [-0.25, -0.2) is 0 Å². The van der Waals surface area contributed by atoms with Gasteiger partial charge in [-0.3, -0.25) is 4.79 Å². The Balaban J connectivity index is 1.43. The number of methoxy groups -OCH3 is 1. The molecule has 0 aromatic rings. The predicted octanol–water partition coefficient (Wildman–Crippen LogP) is 0.620. The molecule has 9 nitrogen and oxygen atoms in total. The van der Waals surface area contributed by atoms with Gasteiger partial charge in [0.2, 0.25) is 11.7 Å². The minimum atomic E-state index is -1.22. The third-order valence-corrected chi connectivity index (χ3v) is 8.45. The number of hydrogen-bond acceptors (Lipinski definition) is 8. The van der Waals surface area contributed by atoms with Crippen LogP contribution in [0.4, 0.5) is 0 Å². The summed E-state index contributed by atoms with van der Waals surface area (Å²) in [5.74, 6) is -3.91. The highest BCUT2D eigenvalue weighted by atomic mass is 35.5. The third kappa shape index (κ3) is 1.91. The summed E-state index contributed by atoms with van der Waals surface area (Å²) in [6, 6.07) is -0.423. The van der Waals surface area contributed by atoms with Gasteiger partial charge in [-0.1, -0.05) is 11.6 Å². The van der Waals surface area contributed by atoms with Gasteiger partial charge < -0.3 is 38.5 Å². The van der Waals surface area contributed by atoms with Gasteiger partial charge >= 0.3 is 0 Å². The van der Waals surface area contributed by atoms with Crippen molar-refractivity contribution >= 4 is 17.5 Å². The number of rotatable bonds is 1. The van der Waals surface area contributed by atoms with Crippen LogP contribution >= 0.6 is 11.6 Å². The predicted molar refractivity (Wildman–Crippen MR) is 98.2 cm³/mol. The number of alkyl halides is 1. The summed E-state index contributed by atoms with van der Waals surface area (Å²) < 4.78 is 44.0. The molecule has 1 N–H and O–H groups in total. The number of fused-ring (bicyclic) bond motifs is 9. The van der Waals surface area contributed by atoms with Crippen LogP contribution < -0.4 is 5.32 Å². The fourth-order valence-corrected chi connectivity index (χ4v) is 7.68. The lowest BCUT2D eigenvalue weighted by Crippen LogP contribution is -2.79. The molecule has 1 aliphatic carbocycles. The molecule has 1 amide bonds. The van der Waals surface area contributed by atoms with Crippen LogP contribution in [0.2, 0.25) is 0 Å². The Bertz CT molecular complexity index is 868. The van der Waals surface area contributed by atoms with Crippen LogP contribution in [0.25, 0.3) is 0 Å². The summed E-state index contributed by atoms with van der Waals surface area (Å²) in [6.45, 7) is 7.38. The number of ether oxygens (including phenoxy) is 7. The first-order chi connectivity index (χ1) is 14.0. The van der Waals surface area contributed by atoms with Crippen LogP contribution in [0.3, 0.4) is 0 Å². The zero-order chi connectivity index (χ0) is 21.1. The van der Waals surface area contributed by atoms with Gasteiger partial charge in [-0.2, -0.15) is 0 Å². The maximum absolute atomic E-state index is 13.2. The molecule has 0 aromatic carbocycles. The topological polar surface area (TPSA) is 97.0 Å². The molecule has 166 valence electrons. The number of carbonyl (C=O) groups is 1. The van der Waals surface area contributed by atoms with Gasteiger partial charge in [0.1, 0.15) is 36.1 Å². The molecule has 0 radical (unpaired) electrons. The molecule has 11 atom stereocenters. The standard InChI is InChI=1S/C20H26ClNO8/c1-16(2)26-10-9-8(11-20(24-5,12(10)28-16)29-17(3,4)27-11)19-7(15(23)22-9)6-18(21,30-19)13-14(19)25-13/h7-14H,6H2,1-5H3,(H,22,23)/t7-,8+,9+,10-,11+,12-,13+,14-,18-,19-,20+/m0/s1. The van der Waals surface area contributed by atoms with Gasteiger partial charge in [-0.15, -0.1) is 0 Å². The van der Waals surface area contributed by atoms with Gasteiger partial charge in [0.15, 0.2) is 16.6 Å². The van der Waals surface area contributed by atoms with Gasteiger partial charge in [0.25, 0.3) is 0 Å². The van der Waals surface area contributed by atoms with Crippen molar-refractivity contribution in [2.75, 3.05) is 7.11 Å². The van der Waals surface area contributed by atoms with E-state index >= 15 is 0 Å². The van der Waals surface area contributed by atoms with E-state index in [2.05, 4.69) is 5.32 Å². The molecule has 7 aliphatic rings. The third-order valence-electron chi connectivity index (χ3n) is 8.01. The summed E-state index contributed by atoms with van der Waals surface area (Å²) in [4.78, 5) is 13.2. The Morgan fingerprint density at radius 2 is 1.73 bits per heavy atom. The number of piperidine rings is 1. The molecule has 7 fully saturated rings. The van der Waals surface area contributed by atoms with Crippen molar-refractivity contribution in [3.8, 4) is 0 Å². The number of carbonyl (C=O) groups excluding carboxylic acids is 1. The molecule has 6 aliphatic heterocycles. The monoisotopic (exact) mass is 443 g/mol. The van der Waals surface area contributed by atoms with Crippen molar-refractivity contribution in [1.82, 2.24) is 5.32 Å². The highest BCUT2D eigenvalue weighted by Gasteiger charge is 2.89. The minimum Gasteiger partial charge on any atom is -0.362 e. The molecule has 0 unspecified atom stereocenters. The fraction of sp³-hybridized carbons (Fsp3) is 0.950. The highest BCUT2D eigenvalue weighted by Crippen LogP contribution is 2.71. The quantitative estimate of drug-likeness (QED) is 0.465. The number of amides is 1. The van der Waals surface area contributed by atoms with E-state index < -0.39 is 58.3 Å². The van der Waals surface area contributed by atoms with Crippen LogP contribution in [0, 0.1) is 11.8 Å². The Morgan fingerprint density at radius 3 is 2.43 bits per heavy atom. The second-order valence-electron chi connectivity index (χ2n) is 10.5. The lowest BCUT2D eigenvalue weighted by molar-refractivity contribution is -0.316. The van der Waals surface area contributed by atoms with E-state index in [0.29, 0.717) is 6.42 Å². The maximum Gasteiger partial charge on any atom is 0.227 e. The summed E-state index contributed by atoms with van der Waals surface area (Å²) in [7, 11) is 1.59. The van der Waals surface area contributed by atoms with Crippen LogP contribution in [0.1, 0.15) is 34.1 Å². The summed E-state index contributed by atoms with van der Waals surface area (Å²) in [5.41, 5.74) is -0.918. The molecule has 2 bridgehead atoms. The second-order valence-corrected chi connectivity index (χ2v) is 11.2. The Morgan fingerprint density at radius 1 is 1.00 bits per heavy atom. The zero-order valence-electron chi connectivity index (χ0n) is 17.5. The van der Waals surface area contributed by atoms with Crippen LogP contribution in [0.5, 0.6) is 0 Å². The molecule has 6 heterocycles. The molecular weight excluding hydrogens is 418 g/mol. The average molecular weight is 444 g/mol. The van der Waals surface area contributed by atoms with Crippen molar-refractivity contribution < 1.29 is 38.0 Å². The smallest absolute Gasteiger partial charge is 0.227 e. The van der Waals surface area contributed by atoms with E-state index in [0.717, 1.165) is 0 Å². The van der Waals surface area contributed by atoms with Crippen molar-refractivity contribution in [3.05, 3.63) is 0 Å². The molecule has 0 aromatic heterocycles. The normalized spacial score (nSPS) is 62.8. The molecule has 1 spiro atoms. The summed E-state index contributed by atoms with van der Waals surface area (Å²) in [6.07, 6.45) is -1.77. The number of nitrogens with one attached hydrogen (secondary N) is 1. The summed E-state index contributed by atoms with van der Waals surface area (Å²) >= 11 is 6.79. The van der Waals surface area contributed by atoms with Crippen molar-refractivity contribution in [1.29, 1.82) is 0 Å². The molecule has 7 rings (SSSR count). The molecular formula is C20H26ClNO8. The summed E-state index contributed by atoms with van der Waals surface area (Å²) in [5, 5.41) is 2.20. The van der Waals surface area contributed by atoms with Crippen molar-refractivity contribution in [3.63, 3.8) is 0 Å². The van der Waals surface area contributed by atoms with E-state index in [1.807, 2.05) is 27.7 Å². The van der Waals surface area contributed by atoms with E-state index in [4.69, 9.17) is 44.8 Å². The first kappa shape index (κ1) is 19.0. The first-order valence-electron chi connectivity index (χ1n) is 10.6. The molecule has 6 saturated heterocycles. The van der Waals surface area contributed by atoms with Gasteiger partial charge in [0, 0.05) is 19.4 Å². The highest BCUT2D eigenvalue weighted by molar-refractivity contribution is 6.24. The van der Waals surface area contributed by atoms with Crippen LogP contribution in [-0.4, -0.2) is 77.6 Å². The lowest BCUT2D eigenvalue weighted by atomic mass is 9.58. The Hall–Kier alpha value is -0.520. The fourth-order valence-electron chi connectivity index (χ4n) is 7.23. The molecule has 10 heteroatoms. The van der Waals surface area contributed by atoms with Crippen LogP contribution in [-0.2, 0) is 38.0 Å². The van der Waals surface area contributed by atoms with E-state index in [-0.39, 0.29) is 24.0 Å². The first-order valence-corrected chi connectivity index (χ1v) is 11.0. The number of halogens is 1. The Kier molecular flexibility index (Phi) is 3.18. The zero-order valence-corrected chi connectivity index (χ0v) is 18.2. The largest absolute Gasteiger partial charge is 0.362 e.